The third kappa shape index (κ3) is 4.69. The van der Waals surface area contributed by atoms with Crippen molar-refractivity contribution in [1.82, 2.24) is 19.8 Å². The van der Waals surface area contributed by atoms with Gasteiger partial charge in [-0.1, -0.05) is 24.3 Å². The molecule has 1 fully saturated rings. The molecule has 2 aromatic carbocycles. The van der Waals surface area contributed by atoms with Crippen LogP contribution in [0.5, 0.6) is 5.75 Å². The fraction of sp³-hybridized carbons (Fsp3) is 0.385. The van der Waals surface area contributed by atoms with E-state index in [-0.39, 0.29) is 11.7 Å². The zero-order chi connectivity index (χ0) is 23.5. The molecule has 7 nitrogen and oxygen atoms in total. The van der Waals surface area contributed by atoms with Crippen LogP contribution in [0.4, 0.5) is 4.39 Å². The predicted octanol–water partition coefficient (Wildman–Crippen LogP) is 3.24. The van der Waals surface area contributed by atoms with E-state index < -0.39 is 11.7 Å². The van der Waals surface area contributed by atoms with E-state index in [1.807, 2.05) is 42.6 Å². The number of imidazole rings is 1. The maximum atomic E-state index is 13.2. The number of piperidine rings is 1. The van der Waals surface area contributed by atoms with E-state index in [0.29, 0.717) is 13.1 Å². The number of methoxy groups -OCH3 is 1. The zero-order valence-electron chi connectivity index (χ0n) is 19.2. The van der Waals surface area contributed by atoms with E-state index in [1.165, 1.54) is 12.1 Å². The lowest BCUT2D eigenvalue weighted by Crippen LogP contribution is -2.53. The van der Waals surface area contributed by atoms with E-state index in [9.17, 15) is 9.18 Å². The normalized spacial score (nSPS) is 19.5. The molecule has 1 amide bonds. The SMILES string of the molecule is COc1cccc(CNC(=O)[C@H]2Cn3ccnc3C3(CCN(Cc4ccc(F)cc4)CC3)O2)c1. The van der Waals surface area contributed by atoms with Crippen LogP contribution in [0.1, 0.15) is 29.8 Å². The van der Waals surface area contributed by atoms with Crippen LogP contribution in [-0.4, -0.2) is 46.7 Å². The van der Waals surface area contributed by atoms with Crippen molar-refractivity contribution in [3.63, 3.8) is 0 Å². The number of hydrogen-bond donors (Lipinski definition) is 1. The number of fused-ring (bicyclic) bond motifs is 2. The molecule has 3 heterocycles. The number of nitrogens with zero attached hydrogens (tertiary/aromatic N) is 3. The molecule has 8 heteroatoms. The molecule has 1 aromatic heterocycles. The molecular weight excluding hydrogens is 435 g/mol. The number of rotatable bonds is 6. The van der Waals surface area contributed by atoms with Gasteiger partial charge in [-0.15, -0.1) is 0 Å². The largest absolute Gasteiger partial charge is 0.497 e. The van der Waals surface area contributed by atoms with Gasteiger partial charge >= 0.3 is 0 Å². The Morgan fingerprint density at radius 1 is 1.21 bits per heavy atom. The standard InChI is InChI=1S/C26H29FN4O3/c1-33-22-4-2-3-20(15-22)16-29-24(32)23-18-31-14-11-28-25(31)26(34-23)9-12-30(13-10-26)17-19-5-7-21(27)8-6-19/h2-8,11,14-15,23H,9-10,12-13,16-18H2,1H3,(H,29,32)/t23-/m1/s1. The monoisotopic (exact) mass is 464 g/mol. The number of likely N-dealkylation sites (tertiary alicyclic amines) is 1. The smallest absolute Gasteiger partial charge is 0.251 e. The van der Waals surface area contributed by atoms with Crippen molar-refractivity contribution in [2.24, 2.45) is 0 Å². The van der Waals surface area contributed by atoms with E-state index in [0.717, 1.165) is 55.2 Å². The van der Waals surface area contributed by atoms with Gasteiger partial charge in [0.1, 0.15) is 23.0 Å². The van der Waals surface area contributed by atoms with Gasteiger partial charge < -0.3 is 19.4 Å². The first-order chi connectivity index (χ1) is 16.5. The number of ether oxygens (including phenoxy) is 2. The van der Waals surface area contributed by atoms with Crippen molar-refractivity contribution in [2.45, 2.75) is 44.2 Å². The topological polar surface area (TPSA) is 68.6 Å². The summed E-state index contributed by atoms with van der Waals surface area (Å²) < 4.78 is 27.1. The Balaban J connectivity index is 1.24. The molecule has 0 aliphatic carbocycles. The summed E-state index contributed by atoms with van der Waals surface area (Å²) in [4.78, 5) is 20.0. The number of halogens is 1. The highest BCUT2D eigenvalue weighted by molar-refractivity contribution is 5.81. The molecule has 34 heavy (non-hydrogen) atoms. The molecule has 0 radical (unpaired) electrons. The van der Waals surface area contributed by atoms with Crippen LogP contribution in [0.3, 0.4) is 0 Å². The lowest BCUT2D eigenvalue weighted by molar-refractivity contribution is -0.174. The number of benzene rings is 2. The molecule has 2 aliphatic rings. The van der Waals surface area contributed by atoms with Gasteiger partial charge in [0.15, 0.2) is 6.10 Å². The third-order valence-corrected chi connectivity index (χ3v) is 6.73. The van der Waals surface area contributed by atoms with Gasteiger partial charge in [-0.05, 0) is 48.2 Å². The molecular formula is C26H29FN4O3. The highest BCUT2D eigenvalue weighted by atomic mass is 19.1. The van der Waals surface area contributed by atoms with Crippen molar-refractivity contribution >= 4 is 5.91 Å². The number of aromatic nitrogens is 2. The number of carbonyl (C=O) groups excluding carboxylic acids is 1. The first-order valence-corrected chi connectivity index (χ1v) is 11.6. The molecule has 1 spiro atoms. The Morgan fingerprint density at radius 3 is 2.76 bits per heavy atom. The average molecular weight is 465 g/mol. The Kier molecular flexibility index (Phi) is 6.34. The van der Waals surface area contributed by atoms with Crippen molar-refractivity contribution in [3.05, 3.63) is 83.7 Å². The summed E-state index contributed by atoms with van der Waals surface area (Å²) in [6.45, 7) is 3.23. The number of amides is 1. The van der Waals surface area contributed by atoms with Crippen LogP contribution in [0.2, 0.25) is 0 Å². The number of hydrogen-bond acceptors (Lipinski definition) is 5. The Bertz CT molecular complexity index is 1140. The van der Waals surface area contributed by atoms with Crippen LogP contribution in [0.25, 0.3) is 0 Å². The molecule has 5 rings (SSSR count). The Morgan fingerprint density at radius 2 is 2.00 bits per heavy atom. The summed E-state index contributed by atoms with van der Waals surface area (Å²) in [6, 6.07) is 14.3. The minimum absolute atomic E-state index is 0.129. The quantitative estimate of drug-likeness (QED) is 0.607. The van der Waals surface area contributed by atoms with Crippen LogP contribution in [0, 0.1) is 5.82 Å². The van der Waals surface area contributed by atoms with Gasteiger partial charge in [0.25, 0.3) is 5.91 Å². The van der Waals surface area contributed by atoms with E-state index in [1.54, 1.807) is 13.3 Å². The second-order valence-corrected chi connectivity index (χ2v) is 8.98. The molecule has 2 aliphatic heterocycles. The number of carbonyl (C=O) groups is 1. The molecule has 0 unspecified atom stereocenters. The second kappa shape index (κ2) is 9.56. The molecule has 3 aromatic rings. The first kappa shape index (κ1) is 22.6. The fourth-order valence-electron chi connectivity index (χ4n) is 4.88. The predicted molar refractivity (Wildman–Crippen MR) is 125 cm³/mol. The molecule has 178 valence electrons. The van der Waals surface area contributed by atoms with Crippen molar-refractivity contribution in [2.75, 3.05) is 20.2 Å². The van der Waals surface area contributed by atoms with Crippen molar-refractivity contribution in [1.29, 1.82) is 0 Å². The van der Waals surface area contributed by atoms with Crippen LogP contribution >= 0.6 is 0 Å². The highest BCUT2D eigenvalue weighted by Gasteiger charge is 2.47. The third-order valence-electron chi connectivity index (χ3n) is 6.73. The average Bonchev–Trinajstić information content (AvgIpc) is 3.35. The fourth-order valence-corrected chi connectivity index (χ4v) is 4.88. The van der Waals surface area contributed by atoms with Gasteiger partial charge in [-0.25, -0.2) is 9.37 Å². The maximum Gasteiger partial charge on any atom is 0.251 e. The minimum Gasteiger partial charge on any atom is -0.497 e. The second-order valence-electron chi connectivity index (χ2n) is 8.98. The molecule has 1 N–H and O–H groups in total. The summed E-state index contributed by atoms with van der Waals surface area (Å²) in [5, 5.41) is 3.02. The molecule has 0 saturated carbocycles. The maximum absolute atomic E-state index is 13.2. The highest BCUT2D eigenvalue weighted by Crippen LogP contribution is 2.40. The van der Waals surface area contributed by atoms with E-state index in [4.69, 9.17) is 9.47 Å². The summed E-state index contributed by atoms with van der Waals surface area (Å²) in [5.41, 5.74) is 1.47. The summed E-state index contributed by atoms with van der Waals surface area (Å²) in [7, 11) is 1.63. The number of nitrogens with one attached hydrogen (secondary N) is 1. The molecule has 1 saturated heterocycles. The van der Waals surface area contributed by atoms with Gasteiger partial charge in [0.05, 0.1) is 13.7 Å². The summed E-state index contributed by atoms with van der Waals surface area (Å²) in [6.07, 6.45) is 4.60. The molecule has 0 bridgehead atoms. The Labute approximate surface area is 198 Å². The van der Waals surface area contributed by atoms with Crippen LogP contribution < -0.4 is 10.1 Å². The van der Waals surface area contributed by atoms with Crippen LogP contribution in [-0.2, 0) is 34.8 Å². The van der Waals surface area contributed by atoms with Crippen molar-refractivity contribution < 1.29 is 18.7 Å². The van der Waals surface area contributed by atoms with Crippen LogP contribution in [0.15, 0.2) is 60.9 Å². The van der Waals surface area contributed by atoms with Gasteiger partial charge in [0, 0.05) is 38.6 Å². The van der Waals surface area contributed by atoms with E-state index in [2.05, 4.69) is 19.8 Å². The molecule has 1 atom stereocenters. The van der Waals surface area contributed by atoms with Gasteiger partial charge in [-0.3, -0.25) is 9.69 Å². The van der Waals surface area contributed by atoms with Crippen molar-refractivity contribution in [3.8, 4) is 5.75 Å². The van der Waals surface area contributed by atoms with E-state index >= 15 is 0 Å². The Hall–Kier alpha value is -3.23. The zero-order valence-corrected chi connectivity index (χ0v) is 19.2. The summed E-state index contributed by atoms with van der Waals surface area (Å²) in [5.74, 6) is 1.30. The van der Waals surface area contributed by atoms with Gasteiger partial charge in [-0.2, -0.15) is 0 Å². The summed E-state index contributed by atoms with van der Waals surface area (Å²) >= 11 is 0. The van der Waals surface area contributed by atoms with Gasteiger partial charge in [0.2, 0.25) is 0 Å². The minimum atomic E-state index is -0.587. The first-order valence-electron chi connectivity index (χ1n) is 11.6. The lowest BCUT2D eigenvalue weighted by atomic mass is 9.88. The lowest BCUT2D eigenvalue weighted by Gasteiger charge is -2.45.